The Morgan fingerprint density at radius 2 is 1.45 bits per heavy atom. The Morgan fingerprint density at radius 1 is 0.950 bits per heavy atom. The van der Waals surface area contributed by atoms with Crippen LogP contribution in [0.1, 0.15) is 26.3 Å². The van der Waals surface area contributed by atoms with Gasteiger partial charge in [-0.2, -0.15) is 0 Å². The Hall–Kier alpha value is -1.48. The average Bonchev–Trinajstić information content (AvgIpc) is 2.39. The predicted octanol–water partition coefficient (Wildman–Crippen LogP) is 4.36. The van der Waals surface area contributed by atoms with Crippen molar-refractivity contribution in [1.29, 1.82) is 0 Å². The molecule has 0 N–H and O–H groups in total. The zero-order valence-electron chi connectivity index (χ0n) is 14.1. The molecule has 0 heterocycles. The Morgan fingerprint density at radius 3 is 1.80 bits per heavy atom. The zero-order valence-corrected chi connectivity index (χ0v) is 14.1. The molecule has 0 aliphatic carbocycles. The Labute approximate surface area is 124 Å². The smallest absolute Gasteiger partial charge is 0.163 e. The first-order valence-corrected chi connectivity index (χ1v) is 6.49. The van der Waals surface area contributed by atoms with E-state index in [9.17, 15) is 0 Å². The van der Waals surface area contributed by atoms with Crippen LogP contribution in [-0.2, 0) is 11.2 Å². The first-order valence-electron chi connectivity index (χ1n) is 6.49. The lowest BCUT2D eigenvalue weighted by Crippen LogP contribution is -2.10. The molecule has 3 nitrogen and oxygen atoms in total. The monoisotopic (exact) mass is 282 g/mol. The van der Waals surface area contributed by atoms with Crippen LogP contribution >= 0.6 is 0 Å². The van der Waals surface area contributed by atoms with E-state index in [1.165, 1.54) is 5.56 Å². The minimum absolute atomic E-state index is 0.250. The van der Waals surface area contributed by atoms with Crippen LogP contribution in [0.4, 0.5) is 0 Å². The molecule has 0 saturated heterocycles. The maximum absolute atomic E-state index is 5.39. The maximum atomic E-state index is 5.39. The van der Waals surface area contributed by atoms with Crippen molar-refractivity contribution in [1.82, 2.24) is 0 Å². The molecule has 0 atom stereocenters. The normalized spacial score (nSPS) is 9.55. The molecule has 0 bridgehead atoms. The largest absolute Gasteiger partial charge is 0.493 e. The number of para-hydroxylation sites is 1. The molecule has 0 radical (unpaired) electrons. The summed E-state index contributed by atoms with van der Waals surface area (Å²) in [7, 11) is 6.60. The predicted molar refractivity (Wildman–Crippen MR) is 86.9 cm³/mol. The molecular formula is C17H30O3. The van der Waals surface area contributed by atoms with Crippen molar-refractivity contribution in [2.45, 2.75) is 27.2 Å². The van der Waals surface area contributed by atoms with Gasteiger partial charge in [0.05, 0.1) is 14.2 Å². The highest BCUT2D eigenvalue weighted by atomic mass is 16.5. The summed E-state index contributed by atoms with van der Waals surface area (Å²) in [5.41, 5.74) is 1.45. The summed E-state index contributed by atoms with van der Waals surface area (Å²) in [6.45, 7) is 12.6. The van der Waals surface area contributed by atoms with E-state index in [0.717, 1.165) is 17.9 Å². The van der Waals surface area contributed by atoms with Gasteiger partial charge < -0.3 is 14.2 Å². The summed E-state index contributed by atoms with van der Waals surface area (Å²) in [5, 5.41) is 0. The van der Waals surface area contributed by atoms with Crippen LogP contribution in [0.15, 0.2) is 31.4 Å². The quantitative estimate of drug-likeness (QED) is 0.771. The number of ether oxygens (including phenoxy) is 3. The SMILES string of the molecule is C=C.COC.COc1cccc(CC(C)(C)C)c1OC. The van der Waals surface area contributed by atoms with E-state index in [-0.39, 0.29) is 5.41 Å². The molecule has 1 aromatic carbocycles. The van der Waals surface area contributed by atoms with Gasteiger partial charge in [0, 0.05) is 14.2 Å². The van der Waals surface area contributed by atoms with E-state index in [2.05, 4.69) is 44.7 Å². The number of hydrogen-bond donors (Lipinski definition) is 0. The standard InChI is InChI=1S/C13H20O2.C2H6O.C2H4/c1-13(2,3)9-10-7-6-8-11(14-4)12(10)15-5;1-3-2;1-2/h6-8H,9H2,1-5H3;1-2H3;1-2H2. The summed E-state index contributed by atoms with van der Waals surface area (Å²) in [5.74, 6) is 1.66. The van der Waals surface area contributed by atoms with Gasteiger partial charge >= 0.3 is 0 Å². The van der Waals surface area contributed by atoms with Crippen LogP contribution in [0.3, 0.4) is 0 Å². The maximum Gasteiger partial charge on any atom is 0.163 e. The zero-order chi connectivity index (χ0) is 16.2. The molecule has 0 amide bonds. The molecule has 116 valence electrons. The second-order valence-electron chi connectivity index (χ2n) is 5.30. The van der Waals surface area contributed by atoms with Crippen molar-refractivity contribution < 1.29 is 14.2 Å². The van der Waals surface area contributed by atoms with Crippen molar-refractivity contribution in [3.63, 3.8) is 0 Å². The van der Waals surface area contributed by atoms with E-state index >= 15 is 0 Å². The summed E-state index contributed by atoms with van der Waals surface area (Å²) in [6.07, 6.45) is 0.980. The van der Waals surface area contributed by atoms with Crippen molar-refractivity contribution in [2.75, 3.05) is 28.4 Å². The van der Waals surface area contributed by atoms with E-state index in [1.54, 1.807) is 28.4 Å². The van der Waals surface area contributed by atoms with Crippen molar-refractivity contribution in [2.24, 2.45) is 5.41 Å². The lowest BCUT2D eigenvalue weighted by atomic mass is 9.88. The molecule has 0 aliphatic rings. The molecule has 3 heteroatoms. The fraction of sp³-hybridized carbons (Fsp3) is 0.529. The molecule has 0 aromatic heterocycles. The number of methoxy groups -OCH3 is 3. The second kappa shape index (κ2) is 11.4. The van der Waals surface area contributed by atoms with Gasteiger partial charge in [0.25, 0.3) is 0 Å². The molecule has 20 heavy (non-hydrogen) atoms. The highest BCUT2D eigenvalue weighted by Crippen LogP contribution is 2.34. The van der Waals surface area contributed by atoms with E-state index in [0.29, 0.717) is 0 Å². The number of benzene rings is 1. The average molecular weight is 282 g/mol. The molecule has 0 aliphatic heterocycles. The fourth-order valence-corrected chi connectivity index (χ4v) is 1.66. The minimum Gasteiger partial charge on any atom is -0.493 e. The van der Waals surface area contributed by atoms with Gasteiger partial charge in [0.1, 0.15) is 0 Å². The molecule has 1 rings (SSSR count). The minimum atomic E-state index is 0.250. The van der Waals surface area contributed by atoms with Crippen LogP contribution in [0.25, 0.3) is 0 Å². The third-order valence-corrected chi connectivity index (χ3v) is 2.21. The van der Waals surface area contributed by atoms with Gasteiger partial charge in [-0.15, -0.1) is 13.2 Å². The topological polar surface area (TPSA) is 27.7 Å². The van der Waals surface area contributed by atoms with Crippen LogP contribution in [0.5, 0.6) is 11.5 Å². The van der Waals surface area contributed by atoms with Gasteiger partial charge in [-0.1, -0.05) is 32.9 Å². The Balaban J connectivity index is 0. The van der Waals surface area contributed by atoms with Gasteiger partial charge in [-0.05, 0) is 23.5 Å². The second-order valence-corrected chi connectivity index (χ2v) is 5.30. The molecule has 0 saturated carbocycles. The van der Waals surface area contributed by atoms with Crippen molar-refractivity contribution >= 4 is 0 Å². The number of hydrogen-bond acceptors (Lipinski definition) is 3. The first kappa shape index (κ1) is 20.8. The molecule has 0 spiro atoms. The lowest BCUT2D eigenvalue weighted by molar-refractivity contribution is 0.277. The van der Waals surface area contributed by atoms with E-state index in [1.807, 2.05) is 12.1 Å². The van der Waals surface area contributed by atoms with Crippen molar-refractivity contribution in [3.8, 4) is 11.5 Å². The van der Waals surface area contributed by atoms with E-state index < -0.39 is 0 Å². The van der Waals surface area contributed by atoms with Crippen LogP contribution < -0.4 is 9.47 Å². The molecular weight excluding hydrogens is 252 g/mol. The van der Waals surface area contributed by atoms with Gasteiger partial charge in [0.15, 0.2) is 11.5 Å². The van der Waals surface area contributed by atoms with Crippen molar-refractivity contribution in [3.05, 3.63) is 36.9 Å². The van der Waals surface area contributed by atoms with Gasteiger partial charge in [0.2, 0.25) is 0 Å². The molecule has 0 unspecified atom stereocenters. The Bertz CT molecular complexity index is 354. The summed E-state index contributed by atoms with van der Waals surface area (Å²) in [4.78, 5) is 0. The molecule has 0 fully saturated rings. The van der Waals surface area contributed by atoms with E-state index in [4.69, 9.17) is 9.47 Å². The third kappa shape index (κ3) is 8.59. The van der Waals surface area contributed by atoms with Gasteiger partial charge in [-0.25, -0.2) is 0 Å². The summed E-state index contributed by atoms with van der Waals surface area (Å²) in [6, 6.07) is 6.01. The number of rotatable bonds is 3. The highest BCUT2D eigenvalue weighted by Gasteiger charge is 2.16. The highest BCUT2D eigenvalue weighted by molar-refractivity contribution is 5.46. The summed E-state index contributed by atoms with van der Waals surface area (Å²) >= 11 is 0. The van der Waals surface area contributed by atoms with Crippen LogP contribution in [0.2, 0.25) is 0 Å². The molecule has 1 aromatic rings. The first-order chi connectivity index (χ1) is 9.39. The van der Waals surface area contributed by atoms with Gasteiger partial charge in [-0.3, -0.25) is 0 Å². The fourth-order valence-electron chi connectivity index (χ4n) is 1.66. The van der Waals surface area contributed by atoms with Crippen LogP contribution in [-0.4, -0.2) is 28.4 Å². The Kier molecular flexibility index (Phi) is 11.8. The van der Waals surface area contributed by atoms with Crippen LogP contribution in [0, 0.1) is 5.41 Å². The summed E-state index contributed by atoms with van der Waals surface area (Å²) < 4.78 is 14.9. The lowest BCUT2D eigenvalue weighted by Gasteiger charge is -2.20. The third-order valence-electron chi connectivity index (χ3n) is 2.21.